The number of ether oxygens (including phenoxy) is 3. The van der Waals surface area contributed by atoms with E-state index in [0.717, 1.165) is 42.7 Å². The summed E-state index contributed by atoms with van der Waals surface area (Å²) in [6.45, 7) is 5.70. The van der Waals surface area contributed by atoms with Crippen LogP contribution in [-0.4, -0.2) is 65.9 Å². The molecule has 3 aliphatic carbocycles. The first kappa shape index (κ1) is 21.5. The van der Waals surface area contributed by atoms with Crippen LogP contribution in [0.3, 0.4) is 0 Å². The van der Waals surface area contributed by atoms with Crippen LogP contribution in [0.1, 0.15) is 55.2 Å². The number of phenolic OH excluding ortho intramolecular Hbond substituents is 1. The summed E-state index contributed by atoms with van der Waals surface area (Å²) in [4.78, 5) is 5.60. The molecule has 37 heavy (non-hydrogen) atoms. The van der Waals surface area contributed by atoms with Crippen LogP contribution in [0.25, 0.3) is 0 Å². The van der Waals surface area contributed by atoms with Gasteiger partial charge in [-0.25, -0.2) is 0 Å². The summed E-state index contributed by atoms with van der Waals surface area (Å²) in [6, 6.07) is 11.5. The predicted octanol–water partition coefficient (Wildman–Crippen LogP) is 4.26. The molecule has 5 aliphatic heterocycles. The first-order valence-corrected chi connectivity index (χ1v) is 14.5. The molecular formula is C31H36N2O4. The maximum absolute atomic E-state index is 11.0. The zero-order valence-corrected chi connectivity index (χ0v) is 21.5. The van der Waals surface area contributed by atoms with Crippen molar-refractivity contribution in [3.63, 3.8) is 0 Å². The van der Waals surface area contributed by atoms with Gasteiger partial charge in [0.15, 0.2) is 23.0 Å². The molecule has 5 atom stereocenters. The maximum atomic E-state index is 11.0. The van der Waals surface area contributed by atoms with E-state index >= 15 is 0 Å². The molecule has 0 amide bonds. The second-order valence-electron chi connectivity index (χ2n) is 12.8. The fourth-order valence-corrected chi connectivity index (χ4v) is 9.68. The standard InChI is InChI=1S/C31H36N2O4/c34-23-5-4-21-16-26-30-8-7-22(32(11-9-30)18-20-3-6-24-25(15-20)36-14-13-35-24)29-31(30,27(21)28(23)37-29)10-12-33(26)17-19-1-2-19/h3-6,15,19,22,26,29,34H,1-2,7-14,16-18H2/t22-,26-,29+,30-,31+/m1/s1. The van der Waals surface area contributed by atoms with E-state index in [-0.39, 0.29) is 16.9 Å². The van der Waals surface area contributed by atoms with Crippen LogP contribution in [0, 0.1) is 11.3 Å². The van der Waals surface area contributed by atoms with Gasteiger partial charge in [-0.2, -0.15) is 0 Å². The molecular weight excluding hydrogens is 464 g/mol. The van der Waals surface area contributed by atoms with Crippen molar-refractivity contribution in [2.24, 2.45) is 11.3 Å². The average molecular weight is 501 g/mol. The van der Waals surface area contributed by atoms with Crippen molar-refractivity contribution >= 4 is 0 Å². The molecule has 6 nitrogen and oxygen atoms in total. The highest BCUT2D eigenvalue weighted by atomic mass is 16.6. The van der Waals surface area contributed by atoms with Crippen molar-refractivity contribution in [2.75, 3.05) is 32.8 Å². The molecule has 3 saturated heterocycles. The van der Waals surface area contributed by atoms with E-state index in [4.69, 9.17) is 14.2 Å². The van der Waals surface area contributed by atoms with Crippen molar-refractivity contribution in [3.8, 4) is 23.0 Å². The summed E-state index contributed by atoms with van der Waals surface area (Å²) >= 11 is 0. The summed E-state index contributed by atoms with van der Waals surface area (Å²) in [5, 5.41) is 11.0. The molecule has 0 radical (unpaired) electrons. The Hall–Kier alpha value is -2.44. The molecule has 6 heteroatoms. The normalized spacial score (nSPS) is 37.1. The van der Waals surface area contributed by atoms with Gasteiger partial charge in [-0.3, -0.25) is 9.80 Å². The Bertz CT molecular complexity index is 1290. The van der Waals surface area contributed by atoms with E-state index in [0.29, 0.717) is 31.0 Å². The van der Waals surface area contributed by atoms with Crippen LogP contribution < -0.4 is 14.2 Å². The van der Waals surface area contributed by atoms with Gasteiger partial charge in [-0.1, -0.05) is 12.1 Å². The van der Waals surface area contributed by atoms with E-state index in [1.54, 1.807) is 0 Å². The van der Waals surface area contributed by atoms with Gasteiger partial charge in [-0.05, 0) is 93.3 Å². The van der Waals surface area contributed by atoms with Crippen molar-refractivity contribution in [3.05, 3.63) is 47.0 Å². The maximum Gasteiger partial charge on any atom is 0.165 e. The van der Waals surface area contributed by atoms with Crippen molar-refractivity contribution < 1.29 is 19.3 Å². The summed E-state index contributed by atoms with van der Waals surface area (Å²) in [5.41, 5.74) is 4.38. The largest absolute Gasteiger partial charge is 0.504 e. The number of phenols is 1. The molecule has 10 rings (SSSR count). The lowest BCUT2D eigenvalue weighted by Crippen LogP contribution is -2.72. The van der Waals surface area contributed by atoms with Crippen LogP contribution in [0.2, 0.25) is 0 Å². The molecule has 5 fully saturated rings. The zero-order chi connectivity index (χ0) is 24.4. The number of benzene rings is 2. The number of nitrogens with zero attached hydrogens (tertiary/aromatic N) is 2. The fourth-order valence-electron chi connectivity index (χ4n) is 9.68. The molecule has 2 aromatic carbocycles. The van der Waals surface area contributed by atoms with Gasteiger partial charge >= 0.3 is 0 Å². The molecule has 194 valence electrons. The Balaban J connectivity index is 1.14. The van der Waals surface area contributed by atoms with Gasteiger partial charge in [0, 0.05) is 41.6 Å². The molecule has 2 aromatic rings. The lowest BCUT2D eigenvalue weighted by atomic mass is 9.42. The van der Waals surface area contributed by atoms with Gasteiger partial charge in [0.25, 0.3) is 0 Å². The summed E-state index contributed by atoms with van der Waals surface area (Å²) in [6.07, 6.45) is 8.88. The molecule has 4 bridgehead atoms. The summed E-state index contributed by atoms with van der Waals surface area (Å²) in [7, 11) is 0. The first-order chi connectivity index (χ1) is 18.2. The lowest BCUT2D eigenvalue weighted by Gasteiger charge is -2.66. The van der Waals surface area contributed by atoms with Crippen LogP contribution in [0.5, 0.6) is 23.0 Å². The number of hydrogen-bond donors (Lipinski definition) is 1. The quantitative estimate of drug-likeness (QED) is 0.677. The van der Waals surface area contributed by atoms with Crippen molar-refractivity contribution in [1.82, 2.24) is 9.80 Å². The van der Waals surface area contributed by atoms with Crippen LogP contribution in [0.4, 0.5) is 0 Å². The minimum absolute atomic E-state index is 0.0316. The van der Waals surface area contributed by atoms with Gasteiger partial charge in [-0.15, -0.1) is 0 Å². The van der Waals surface area contributed by atoms with Gasteiger partial charge in [0.1, 0.15) is 19.3 Å². The number of piperidine rings is 1. The Labute approximate surface area is 218 Å². The first-order valence-electron chi connectivity index (χ1n) is 14.5. The fraction of sp³-hybridized carbons (Fsp3) is 0.613. The van der Waals surface area contributed by atoms with Crippen LogP contribution >= 0.6 is 0 Å². The smallest absolute Gasteiger partial charge is 0.165 e. The average Bonchev–Trinajstić information content (AvgIpc) is 3.70. The highest BCUT2D eigenvalue weighted by Gasteiger charge is 2.74. The lowest BCUT2D eigenvalue weighted by molar-refractivity contribution is -0.131. The third-order valence-corrected chi connectivity index (χ3v) is 11.3. The van der Waals surface area contributed by atoms with Crippen molar-refractivity contribution in [2.45, 2.75) is 75.1 Å². The highest BCUT2D eigenvalue weighted by molar-refractivity contribution is 5.62. The van der Waals surface area contributed by atoms with Gasteiger partial charge < -0.3 is 19.3 Å². The summed E-state index contributed by atoms with van der Waals surface area (Å²) < 4.78 is 18.6. The third kappa shape index (κ3) is 2.73. The number of hydrogen-bond acceptors (Lipinski definition) is 6. The SMILES string of the molecule is Oc1ccc2c3c1O[C@H]1[C@H]4CC[C@@]5(CCN4Cc4ccc6c(c4)OCCO6)[C@@H](C2)N(CC2CC2)CC[C@]315. The number of rotatable bonds is 4. The van der Waals surface area contributed by atoms with E-state index in [1.807, 2.05) is 6.07 Å². The van der Waals surface area contributed by atoms with E-state index in [2.05, 4.69) is 34.1 Å². The molecule has 0 unspecified atom stereocenters. The highest BCUT2D eigenvalue weighted by Crippen LogP contribution is 2.71. The molecule has 0 aromatic heterocycles. The van der Waals surface area contributed by atoms with E-state index < -0.39 is 0 Å². The minimum atomic E-state index is 0.0316. The number of likely N-dealkylation sites (tertiary alicyclic amines) is 1. The Morgan fingerprint density at radius 3 is 2.68 bits per heavy atom. The van der Waals surface area contributed by atoms with Crippen molar-refractivity contribution in [1.29, 1.82) is 0 Å². The second-order valence-corrected chi connectivity index (χ2v) is 12.8. The Morgan fingerprint density at radius 1 is 0.919 bits per heavy atom. The summed E-state index contributed by atoms with van der Waals surface area (Å²) in [5.74, 6) is 3.80. The van der Waals surface area contributed by atoms with Crippen LogP contribution in [0.15, 0.2) is 30.3 Å². The molecule has 5 heterocycles. The number of fused-ring (bicyclic) bond motifs is 4. The number of aromatic hydroxyl groups is 1. The molecule has 2 spiro atoms. The van der Waals surface area contributed by atoms with Gasteiger partial charge in [0.05, 0.1) is 0 Å². The second kappa shape index (κ2) is 7.35. The van der Waals surface area contributed by atoms with E-state index in [1.165, 1.54) is 68.3 Å². The predicted molar refractivity (Wildman–Crippen MR) is 139 cm³/mol. The Kier molecular flexibility index (Phi) is 4.27. The molecule has 1 N–H and O–H groups in total. The topological polar surface area (TPSA) is 54.4 Å². The molecule has 8 aliphatic rings. The molecule has 2 saturated carbocycles. The third-order valence-electron chi connectivity index (χ3n) is 11.3. The Morgan fingerprint density at radius 2 is 1.78 bits per heavy atom. The van der Waals surface area contributed by atoms with E-state index in [9.17, 15) is 5.11 Å². The van der Waals surface area contributed by atoms with Crippen LogP contribution in [-0.2, 0) is 18.4 Å². The van der Waals surface area contributed by atoms with Gasteiger partial charge in [0.2, 0.25) is 0 Å². The minimum Gasteiger partial charge on any atom is -0.504 e. The monoisotopic (exact) mass is 500 g/mol. The zero-order valence-electron chi connectivity index (χ0n) is 21.5.